The minimum absolute atomic E-state index is 2.35. The van der Waals surface area contributed by atoms with Crippen molar-refractivity contribution in [2.24, 2.45) is 0 Å². The molecule has 0 aromatic carbocycles. The van der Waals surface area contributed by atoms with Gasteiger partial charge in [-0.1, -0.05) is 0 Å². The molecule has 0 spiro atoms. The molecule has 1 saturated carbocycles. The van der Waals surface area contributed by atoms with Crippen molar-refractivity contribution in [3.05, 3.63) is 0 Å². The largest absolute Gasteiger partial charge is 0.495 e. The molecule has 19 nitrogen and oxygen atoms in total. The van der Waals surface area contributed by atoms with Crippen LogP contribution in [0.25, 0.3) is 0 Å². The summed E-state index contributed by atoms with van der Waals surface area (Å²) >= 11 is 0. The van der Waals surface area contributed by atoms with Gasteiger partial charge in [-0.15, -0.1) is 0 Å². The SMILES string of the molecule is O=P(O)(O)OP(=O)(O)OP(=O)(OC1(O)[C@H](O)[C@H](O)C(O)[C@H](O)[C@H]1O)OP(=O)(O)O. The van der Waals surface area contributed by atoms with Crippen molar-refractivity contribution < 1.29 is 90.8 Å². The van der Waals surface area contributed by atoms with Crippen LogP contribution in [0.5, 0.6) is 0 Å². The summed E-state index contributed by atoms with van der Waals surface area (Å²) in [5.74, 6) is -3.97. The van der Waals surface area contributed by atoms with Crippen LogP contribution in [0.2, 0.25) is 0 Å². The Morgan fingerprint density at radius 1 is 0.621 bits per heavy atom. The van der Waals surface area contributed by atoms with Gasteiger partial charge >= 0.3 is 31.3 Å². The van der Waals surface area contributed by atoms with Gasteiger partial charge in [0.15, 0.2) is 0 Å². The van der Waals surface area contributed by atoms with E-state index in [1.807, 2.05) is 0 Å². The average Bonchev–Trinajstić information content (AvgIpc) is 2.44. The normalized spacial score (nSPS) is 38.2. The zero-order valence-electron chi connectivity index (χ0n) is 13.4. The van der Waals surface area contributed by atoms with E-state index in [0.29, 0.717) is 0 Å². The summed E-state index contributed by atoms with van der Waals surface area (Å²) in [6.45, 7) is 0. The number of aliphatic hydroxyl groups is 6. The Kier molecular flexibility index (Phi) is 8.20. The highest BCUT2D eigenvalue weighted by atomic mass is 31.3. The van der Waals surface area contributed by atoms with Gasteiger partial charge in [0.25, 0.3) is 0 Å². The first-order chi connectivity index (χ1) is 12.6. The van der Waals surface area contributed by atoms with E-state index in [2.05, 4.69) is 17.5 Å². The first-order valence-corrected chi connectivity index (χ1v) is 12.7. The molecule has 23 heteroatoms. The zero-order chi connectivity index (χ0) is 23.2. The Hall–Kier alpha value is 0.320. The van der Waals surface area contributed by atoms with Crippen LogP contribution in [0, 0.1) is 0 Å². The molecular formula is C6H16O19P4. The van der Waals surface area contributed by atoms with Crippen molar-refractivity contribution >= 4 is 31.3 Å². The Balaban J connectivity index is 3.38. The lowest BCUT2D eigenvalue weighted by Crippen LogP contribution is -2.71. The topological polar surface area (TPSA) is 328 Å². The second-order valence-corrected chi connectivity index (χ2v) is 11.3. The van der Waals surface area contributed by atoms with Gasteiger partial charge in [-0.3, -0.25) is 0 Å². The van der Waals surface area contributed by atoms with E-state index in [1.165, 1.54) is 0 Å². The van der Waals surface area contributed by atoms with Gasteiger partial charge in [0.05, 0.1) is 0 Å². The summed E-state index contributed by atoms with van der Waals surface area (Å²) in [5, 5.41) is 58.0. The molecule has 11 N–H and O–H groups in total. The summed E-state index contributed by atoms with van der Waals surface area (Å²) in [6.07, 6.45) is -13.4. The molecule has 174 valence electrons. The molecule has 1 aliphatic carbocycles. The molecule has 0 saturated heterocycles. The lowest BCUT2D eigenvalue weighted by atomic mass is 9.82. The van der Waals surface area contributed by atoms with E-state index < -0.39 is 67.6 Å². The third-order valence-electron chi connectivity index (χ3n) is 3.07. The minimum Gasteiger partial charge on any atom is -0.387 e. The number of hydrogen-bond acceptors (Lipinski definition) is 14. The smallest absolute Gasteiger partial charge is 0.387 e. The van der Waals surface area contributed by atoms with Gasteiger partial charge in [-0.05, 0) is 0 Å². The summed E-state index contributed by atoms with van der Waals surface area (Å²) in [6, 6.07) is 0. The summed E-state index contributed by atoms with van der Waals surface area (Å²) in [5.41, 5.74) is 0. The third-order valence-corrected chi connectivity index (χ3v) is 8.54. The van der Waals surface area contributed by atoms with Crippen LogP contribution >= 0.6 is 31.3 Å². The molecule has 0 aromatic heterocycles. The first kappa shape index (κ1) is 27.4. The van der Waals surface area contributed by atoms with Crippen LogP contribution < -0.4 is 0 Å². The van der Waals surface area contributed by atoms with Crippen molar-refractivity contribution in [1.29, 1.82) is 0 Å². The first-order valence-electron chi connectivity index (χ1n) is 6.64. The molecule has 0 aliphatic heterocycles. The maximum absolute atomic E-state index is 12.4. The average molecular weight is 516 g/mol. The van der Waals surface area contributed by atoms with Crippen molar-refractivity contribution in [1.82, 2.24) is 0 Å². The van der Waals surface area contributed by atoms with E-state index in [-0.39, 0.29) is 0 Å². The van der Waals surface area contributed by atoms with E-state index in [4.69, 9.17) is 24.5 Å². The van der Waals surface area contributed by atoms with E-state index in [9.17, 15) is 48.9 Å². The van der Waals surface area contributed by atoms with Gasteiger partial charge in [0, 0.05) is 0 Å². The Morgan fingerprint density at radius 3 is 1.34 bits per heavy atom. The standard InChI is InChI=1S/C6H16O19P4/c7-1-2(8)4(10)6(12,5(11)3(1)9)22-29(21,24-27(16,17)18)25-28(19,20)23-26(13,14)15/h1-5,7-12H,(H,19,20)(H2,13,14,15)(H2,16,17,18)/t1?,2-,3+,4-,5-,6?,29?/m1/s1. The Bertz CT molecular complexity index is 766. The molecule has 8 atom stereocenters. The lowest BCUT2D eigenvalue weighted by molar-refractivity contribution is -0.336. The molecule has 1 aliphatic rings. The van der Waals surface area contributed by atoms with Gasteiger partial charge in [-0.25, -0.2) is 22.8 Å². The second kappa shape index (κ2) is 8.69. The highest BCUT2D eigenvalue weighted by Gasteiger charge is 2.63. The number of hydrogen-bond donors (Lipinski definition) is 11. The number of rotatable bonds is 8. The quantitative estimate of drug-likeness (QED) is 0.108. The molecular weight excluding hydrogens is 500 g/mol. The fourth-order valence-electron chi connectivity index (χ4n) is 1.98. The molecule has 0 bridgehead atoms. The van der Waals surface area contributed by atoms with E-state index in [1.54, 1.807) is 0 Å². The van der Waals surface area contributed by atoms with E-state index in [0.717, 1.165) is 0 Å². The predicted octanol–water partition coefficient (Wildman–Crippen LogP) is -4.05. The summed E-state index contributed by atoms with van der Waals surface area (Å²) in [7, 11) is -24.6. The highest BCUT2D eigenvalue weighted by Crippen LogP contribution is 2.73. The summed E-state index contributed by atoms with van der Waals surface area (Å²) in [4.78, 5) is 43.5. The second-order valence-electron chi connectivity index (χ2n) is 5.35. The monoisotopic (exact) mass is 516 g/mol. The van der Waals surface area contributed by atoms with Gasteiger partial charge in [0.1, 0.15) is 30.5 Å². The van der Waals surface area contributed by atoms with Crippen molar-refractivity contribution in [2.45, 2.75) is 36.3 Å². The molecule has 1 rings (SSSR count). The Labute approximate surface area is 159 Å². The molecule has 1 fully saturated rings. The van der Waals surface area contributed by atoms with Crippen molar-refractivity contribution in [2.75, 3.05) is 0 Å². The fraction of sp³-hybridized carbons (Fsp3) is 1.00. The van der Waals surface area contributed by atoms with Gasteiger partial charge in [-0.2, -0.15) is 12.9 Å². The highest BCUT2D eigenvalue weighted by molar-refractivity contribution is 7.69. The third kappa shape index (κ3) is 7.17. The maximum Gasteiger partial charge on any atom is 0.495 e. The molecule has 0 radical (unpaired) electrons. The zero-order valence-corrected chi connectivity index (χ0v) is 16.9. The van der Waals surface area contributed by atoms with Gasteiger partial charge in [0.2, 0.25) is 5.79 Å². The Morgan fingerprint density at radius 2 is 1.00 bits per heavy atom. The molecule has 0 aromatic rings. The van der Waals surface area contributed by atoms with Crippen LogP contribution in [-0.2, 0) is 35.7 Å². The van der Waals surface area contributed by atoms with Crippen molar-refractivity contribution in [3.63, 3.8) is 0 Å². The van der Waals surface area contributed by atoms with Crippen molar-refractivity contribution in [3.8, 4) is 0 Å². The lowest BCUT2D eigenvalue weighted by Gasteiger charge is -2.47. The molecule has 4 unspecified atom stereocenters. The maximum atomic E-state index is 12.4. The van der Waals surface area contributed by atoms with Crippen LogP contribution in [0.15, 0.2) is 0 Å². The minimum atomic E-state index is -6.45. The molecule has 29 heavy (non-hydrogen) atoms. The molecule has 0 amide bonds. The van der Waals surface area contributed by atoms with E-state index >= 15 is 0 Å². The van der Waals surface area contributed by atoms with Crippen LogP contribution in [0.1, 0.15) is 0 Å². The fourth-order valence-corrected chi connectivity index (χ4v) is 6.73. The van der Waals surface area contributed by atoms with Crippen LogP contribution in [-0.4, -0.2) is 91.4 Å². The summed E-state index contributed by atoms with van der Waals surface area (Å²) < 4.78 is 59.6. The number of aliphatic hydroxyl groups excluding tert-OH is 5. The van der Waals surface area contributed by atoms with Gasteiger partial charge < -0.3 is 55.1 Å². The number of phosphoric acid groups is 4. The van der Waals surface area contributed by atoms with Crippen LogP contribution in [0.4, 0.5) is 0 Å². The van der Waals surface area contributed by atoms with Crippen LogP contribution in [0.3, 0.4) is 0 Å². The molecule has 0 heterocycles. The predicted molar refractivity (Wildman–Crippen MR) is 80.8 cm³/mol.